The van der Waals surface area contributed by atoms with E-state index in [4.69, 9.17) is 0 Å². The number of para-hydroxylation sites is 2. The second kappa shape index (κ2) is 9.36. The van der Waals surface area contributed by atoms with E-state index in [-0.39, 0.29) is 23.2 Å². The van der Waals surface area contributed by atoms with E-state index in [1.165, 1.54) is 41.7 Å². The van der Waals surface area contributed by atoms with Gasteiger partial charge in [0.2, 0.25) is 0 Å². The number of hydrazone groups is 1. The van der Waals surface area contributed by atoms with Gasteiger partial charge in [-0.15, -0.1) is 0 Å². The summed E-state index contributed by atoms with van der Waals surface area (Å²) in [4.78, 5) is 15.6. The lowest BCUT2D eigenvalue weighted by molar-refractivity contribution is -0.700. The van der Waals surface area contributed by atoms with Crippen LogP contribution in [0.1, 0.15) is 11.1 Å². The van der Waals surface area contributed by atoms with Gasteiger partial charge >= 0.3 is 5.16 Å². The number of nitrogens with zero attached hydrogens (tertiary/aromatic N) is 2. The third-order valence-electron chi connectivity index (χ3n) is 4.61. The van der Waals surface area contributed by atoms with Crippen LogP contribution in [0.2, 0.25) is 0 Å². The molecule has 1 amide bonds. The van der Waals surface area contributed by atoms with Gasteiger partial charge in [0.1, 0.15) is 18.0 Å². The highest BCUT2D eigenvalue weighted by Crippen LogP contribution is 2.21. The number of aromatic hydroxyl groups is 2. The molecule has 4 rings (SSSR count). The molecule has 1 heterocycles. The topological polar surface area (TPSA) is 102 Å². The molecular weight excluding hydrogens is 412 g/mol. The Morgan fingerprint density at radius 2 is 1.84 bits per heavy atom. The maximum atomic E-state index is 12.3. The molecule has 3 aromatic carbocycles. The molecule has 4 N–H and O–H groups in total. The maximum Gasteiger partial charge on any atom is 0.317 e. The molecular formula is C23H21N4O3S+. The van der Waals surface area contributed by atoms with Gasteiger partial charge in [0, 0.05) is 11.6 Å². The molecule has 0 atom stereocenters. The molecule has 0 radical (unpaired) electrons. The number of aromatic nitrogens is 2. The first-order chi connectivity index (χ1) is 15.1. The van der Waals surface area contributed by atoms with Crippen molar-refractivity contribution in [3.8, 4) is 11.5 Å². The number of imidazole rings is 1. The summed E-state index contributed by atoms with van der Waals surface area (Å²) in [5.41, 5.74) is 6.09. The molecule has 0 spiro atoms. The zero-order chi connectivity index (χ0) is 21.6. The summed E-state index contributed by atoms with van der Waals surface area (Å²) in [6, 6.07) is 22.3. The standard InChI is InChI=1S/C23H20N4O3S/c28-18-11-10-17(21(29)12-18)13-24-26-22(30)15-31-23-25-19-8-4-5-9-20(19)27(23)14-16-6-2-1-3-7-16/h1-13H,14-15H2,(H3,24,26,28,29,30)/p+1. The lowest BCUT2D eigenvalue weighted by atomic mass is 10.2. The smallest absolute Gasteiger partial charge is 0.317 e. The van der Waals surface area contributed by atoms with Crippen molar-refractivity contribution in [2.75, 3.05) is 5.75 Å². The van der Waals surface area contributed by atoms with Crippen LogP contribution in [-0.2, 0) is 11.3 Å². The van der Waals surface area contributed by atoms with Crippen molar-refractivity contribution in [1.82, 2.24) is 10.4 Å². The van der Waals surface area contributed by atoms with E-state index >= 15 is 0 Å². The number of phenolic OH excluding ortho intramolecular Hbond substituents is 2. The third kappa shape index (κ3) is 5.04. The number of thioether (sulfide) groups is 1. The van der Waals surface area contributed by atoms with Crippen molar-refractivity contribution in [2.45, 2.75) is 11.7 Å². The predicted molar refractivity (Wildman–Crippen MR) is 120 cm³/mol. The monoisotopic (exact) mass is 433 g/mol. The minimum absolute atomic E-state index is 0.0442. The van der Waals surface area contributed by atoms with Crippen LogP contribution in [0.15, 0.2) is 83.1 Å². The molecule has 4 aromatic rings. The van der Waals surface area contributed by atoms with Crippen LogP contribution >= 0.6 is 11.8 Å². The summed E-state index contributed by atoms with van der Waals surface area (Å²) in [6.07, 6.45) is 1.33. The lowest BCUT2D eigenvalue weighted by Gasteiger charge is -2.03. The van der Waals surface area contributed by atoms with Gasteiger partial charge in [-0.1, -0.05) is 42.5 Å². The van der Waals surface area contributed by atoms with Gasteiger partial charge in [-0.25, -0.2) is 15.0 Å². The van der Waals surface area contributed by atoms with E-state index in [1.807, 2.05) is 42.5 Å². The SMILES string of the molecule is O=C(CSc1[nH]c2ccccc2[n+]1Cc1ccccc1)NN=Cc1ccc(O)cc1O. The number of carbonyl (C=O) groups excluding carboxylic acids is 1. The Morgan fingerprint density at radius 1 is 1.06 bits per heavy atom. The average molecular weight is 434 g/mol. The number of amides is 1. The van der Waals surface area contributed by atoms with Crippen LogP contribution in [-0.4, -0.2) is 33.1 Å². The van der Waals surface area contributed by atoms with Gasteiger partial charge in [0.25, 0.3) is 5.91 Å². The van der Waals surface area contributed by atoms with E-state index in [0.717, 1.165) is 16.2 Å². The second-order valence-electron chi connectivity index (χ2n) is 6.84. The number of hydrogen-bond donors (Lipinski definition) is 4. The van der Waals surface area contributed by atoms with Gasteiger partial charge in [-0.2, -0.15) is 5.10 Å². The van der Waals surface area contributed by atoms with Crippen molar-refractivity contribution in [1.29, 1.82) is 0 Å². The number of aromatic amines is 1. The molecule has 0 aliphatic heterocycles. The van der Waals surface area contributed by atoms with Crippen molar-refractivity contribution in [2.24, 2.45) is 5.10 Å². The van der Waals surface area contributed by atoms with E-state index in [9.17, 15) is 15.0 Å². The van der Waals surface area contributed by atoms with Crippen molar-refractivity contribution >= 4 is 34.9 Å². The van der Waals surface area contributed by atoms with E-state index in [0.29, 0.717) is 12.1 Å². The van der Waals surface area contributed by atoms with Crippen LogP contribution in [0, 0.1) is 0 Å². The Morgan fingerprint density at radius 3 is 2.65 bits per heavy atom. The van der Waals surface area contributed by atoms with Gasteiger partial charge in [-0.3, -0.25) is 4.79 Å². The molecule has 0 bridgehead atoms. The second-order valence-corrected chi connectivity index (χ2v) is 7.81. The molecule has 1 aromatic heterocycles. The highest BCUT2D eigenvalue weighted by atomic mass is 32.2. The third-order valence-corrected chi connectivity index (χ3v) is 5.61. The minimum Gasteiger partial charge on any atom is -0.508 e. The molecule has 31 heavy (non-hydrogen) atoms. The number of carbonyl (C=O) groups is 1. The summed E-state index contributed by atoms with van der Waals surface area (Å²) in [5, 5.41) is 23.8. The highest BCUT2D eigenvalue weighted by molar-refractivity contribution is 7.99. The van der Waals surface area contributed by atoms with Gasteiger partial charge in [-0.05, 0) is 41.6 Å². The average Bonchev–Trinajstić information content (AvgIpc) is 3.12. The van der Waals surface area contributed by atoms with E-state index in [2.05, 4.69) is 32.2 Å². The van der Waals surface area contributed by atoms with E-state index in [1.54, 1.807) is 0 Å². The van der Waals surface area contributed by atoms with Crippen LogP contribution in [0.5, 0.6) is 11.5 Å². The maximum absolute atomic E-state index is 12.3. The van der Waals surface area contributed by atoms with Crippen LogP contribution in [0.4, 0.5) is 0 Å². The molecule has 0 saturated carbocycles. The zero-order valence-electron chi connectivity index (χ0n) is 16.5. The van der Waals surface area contributed by atoms with Crippen molar-refractivity contribution < 1.29 is 19.6 Å². The fourth-order valence-electron chi connectivity index (χ4n) is 3.12. The highest BCUT2D eigenvalue weighted by Gasteiger charge is 2.20. The number of rotatable bonds is 7. The molecule has 0 aliphatic carbocycles. The Labute approximate surface area is 183 Å². The summed E-state index contributed by atoms with van der Waals surface area (Å²) in [7, 11) is 0. The largest absolute Gasteiger partial charge is 0.508 e. The predicted octanol–water partition coefficient (Wildman–Crippen LogP) is 3.16. The minimum atomic E-state index is -0.274. The summed E-state index contributed by atoms with van der Waals surface area (Å²) < 4.78 is 2.15. The lowest BCUT2D eigenvalue weighted by Crippen LogP contribution is -2.36. The van der Waals surface area contributed by atoms with Gasteiger partial charge in [0.15, 0.2) is 11.0 Å². The Bertz CT molecular complexity index is 1240. The number of benzene rings is 3. The number of H-pyrrole nitrogens is 1. The molecule has 0 saturated heterocycles. The summed E-state index contributed by atoms with van der Waals surface area (Å²) in [5.74, 6) is -0.269. The van der Waals surface area contributed by atoms with Gasteiger partial charge in [0.05, 0.1) is 12.0 Å². The number of hydrogen-bond acceptors (Lipinski definition) is 5. The normalized spacial score (nSPS) is 11.2. The quantitative estimate of drug-likeness (QED) is 0.156. The number of fused-ring (bicyclic) bond motifs is 1. The molecule has 8 heteroatoms. The fourth-order valence-corrected chi connectivity index (χ4v) is 3.96. The Balaban J connectivity index is 1.44. The summed E-state index contributed by atoms with van der Waals surface area (Å²) >= 11 is 1.39. The molecule has 0 fully saturated rings. The number of nitrogens with one attached hydrogen (secondary N) is 2. The van der Waals surface area contributed by atoms with Gasteiger partial charge < -0.3 is 10.2 Å². The zero-order valence-corrected chi connectivity index (χ0v) is 17.3. The summed E-state index contributed by atoms with van der Waals surface area (Å²) in [6.45, 7) is 0.688. The van der Waals surface area contributed by atoms with Crippen molar-refractivity contribution in [3.63, 3.8) is 0 Å². The molecule has 0 unspecified atom stereocenters. The number of phenols is 2. The molecule has 7 nitrogen and oxygen atoms in total. The fraction of sp³-hybridized carbons (Fsp3) is 0.0870. The Hall–Kier alpha value is -3.78. The van der Waals surface area contributed by atoms with Crippen LogP contribution < -0.4 is 9.99 Å². The van der Waals surface area contributed by atoms with Crippen molar-refractivity contribution in [3.05, 3.63) is 83.9 Å². The Kier molecular flexibility index (Phi) is 6.18. The first kappa shape index (κ1) is 20.5. The van der Waals surface area contributed by atoms with E-state index < -0.39 is 0 Å². The van der Waals surface area contributed by atoms with Crippen LogP contribution in [0.25, 0.3) is 11.0 Å². The molecule has 156 valence electrons. The first-order valence-electron chi connectivity index (χ1n) is 9.61. The molecule has 0 aliphatic rings. The first-order valence-corrected chi connectivity index (χ1v) is 10.6. The van der Waals surface area contributed by atoms with Crippen LogP contribution in [0.3, 0.4) is 0 Å².